The van der Waals surface area contributed by atoms with Crippen molar-refractivity contribution in [3.63, 3.8) is 0 Å². The van der Waals surface area contributed by atoms with Crippen LogP contribution in [0.2, 0.25) is 0 Å². The highest BCUT2D eigenvalue weighted by molar-refractivity contribution is 5.73. The third-order valence-electron chi connectivity index (χ3n) is 2.28. The Morgan fingerprint density at radius 1 is 1.33 bits per heavy atom. The van der Waals surface area contributed by atoms with E-state index in [1.807, 2.05) is 25.1 Å². The van der Waals surface area contributed by atoms with Crippen LogP contribution in [0.1, 0.15) is 5.82 Å². The fourth-order valence-electron chi connectivity index (χ4n) is 1.54. The molecule has 0 saturated heterocycles. The van der Waals surface area contributed by atoms with Crippen molar-refractivity contribution in [3.05, 3.63) is 36.4 Å². The van der Waals surface area contributed by atoms with Crippen molar-refractivity contribution in [2.24, 2.45) is 0 Å². The Bertz CT molecular complexity index is 593. The third kappa shape index (κ3) is 1.13. The molecule has 74 valence electrons. The standard InChI is InChI=1S/C10H8N5/c1-7-13-14-10-8(6-12-15(7)10)9-4-2-3-5-11-9/h2-6H,1H3/q-1. The van der Waals surface area contributed by atoms with Crippen molar-refractivity contribution in [3.8, 4) is 11.3 Å². The number of hydrogen-bond acceptors (Lipinski definition) is 3. The molecule has 0 saturated carbocycles. The van der Waals surface area contributed by atoms with Gasteiger partial charge in [-0.05, 0) is 24.7 Å². The van der Waals surface area contributed by atoms with Gasteiger partial charge >= 0.3 is 0 Å². The number of pyridine rings is 1. The Kier molecular flexibility index (Phi) is 1.58. The van der Waals surface area contributed by atoms with Crippen molar-refractivity contribution in [2.45, 2.75) is 6.92 Å². The van der Waals surface area contributed by atoms with E-state index in [2.05, 4.69) is 20.3 Å². The van der Waals surface area contributed by atoms with Crippen LogP contribution in [0.4, 0.5) is 0 Å². The molecule has 0 amide bonds. The highest BCUT2D eigenvalue weighted by Gasteiger charge is 2.03. The van der Waals surface area contributed by atoms with Gasteiger partial charge in [0.25, 0.3) is 0 Å². The summed E-state index contributed by atoms with van der Waals surface area (Å²) in [6.45, 7) is 1.87. The summed E-state index contributed by atoms with van der Waals surface area (Å²) in [4.78, 5) is 4.26. The fraction of sp³-hybridized carbons (Fsp3) is 0.100. The molecule has 0 atom stereocenters. The first-order valence-corrected chi connectivity index (χ1v) is 4.61. The van der Waals surface area contributed by atoms with Crippen molar-refractivity contribution >= 4 is 5.65 Å². The summed E-state index contributed by atoms with van der Waals surface area (Å²) in [5.74, 6) is 0.784. The van der Waals surface area contributed by atoms with E-state index in [9.17, 15) is 0 Å². The lowest BCUT2D eigenvalue weighted by atomic mass is 10.2. The molecule has 0 unspecified atom stereocenters. The van der Waals surface area contributed by atoms with Gasteiger partial charge in [-0.3, -0.25) is 15.2 Å². The first-order chi connectivity index (χ1) is 7.36. The molecule has 15 heavy (non-hydrogen) atoms. The van der Waals surface area contributed by atoms with E-state index < -0.39 is 0 Å². The number of fused-ring (bicyclic) bond motifs is 1. The van der Waals surface area contributed by atoms with Crippen LogP contribution < -0.4 is 5.10 Å². The van der Waals surface area contributed by atoms with Crippen molar-refractivity contribution in [2.75, 3.05) is 0 Å². The zero-order chi connectivity index (χ0) is 10.3. The lowest BCUT2D eigenvalue weighted by molar-refractivity contribution is 0.892. The van der Waals surface area contributed by atoms with E-state index in [4.69, 9.17) is 0 Å². The summed E-state index contributed by atoms with van der Waals surface area (Å²) >= 11 is 0. The molecule has 0 fully saturated rings. The summed E-state index contributed by atoms with van der Waals surface area (Å²) in [5.41, 5.74) is 2.54. The molecule has 0 aromatic carbocycles. The summed E-state index contributed by atoms with van der Waals surface area (Å²) < 4.78 is 1.71. The summed E-state index contributed by atoms with van der Waals surface area (Å²) in [6.07, 6.45) is 3.52. The quantitative estimate of drug-likeness (QED) is 0.586. The zero-order valence-corrected chi connectivity index (χ0v) is 8.12. The number of aromatic nitrogens is 5. The minimum atomic E-state index is 0.756. The molecule has 0 radical (unpaired) electrons. The predicted octanol–water partition coefficient (Wildman–Crippen LogP) is 1.06. The van der Waals surface area contributed by atoms with Gasteiger partial charge in [0.1, 0.15) is 0 Å². The second-order valence-electron chi connectivity index (χ2n) is 3.26. The maximum atomic E-state index is 4.26. The van der Waals surface area contributed by atoms with Crippen LogP contribution in [0.25, 0.3) is 16.9 Å². The zero-order valence-electron chi connectivity index (χ0n) is 8.12. The molecule has 5 nitrogen and oxygen atoms in total. The molecule has 0 bridgehead atoms. The number of hydrogen-bond donors (Lipinski definition) is 0. The molecule has 3 aromatic heterocycles. The Hall–Kier alpha value is -2.17. The highest BCUT2D eigenvalue weighted by Crippen LogP contribution is 2.20. The van der Waals surface area contributed by atoms with Crippen LogP contribution in [0.15, 0.2) is 30.6 Å². The maximum Gasteiger partial charge on any atom is 0.0717 e. The number of rotatable bonds is 1. The average molecular weight is 198 g/mol. The molecule has 0 aliphatic carbocycles. The van der Waals surface area contributed by atoms with E-state index in [0.29, 0.717) is 0 Å². The lowest BCUT2D eigenvalue weighted by Gasteiger charge is -1.98. The minimum Gasteiger partial charge on any atom is -0.352 e. The van der Waals surface area contributed by atoms with Crippen LogP contribution in [-0.2, 0) is 0 Å². The first-order valence-electron chi connectivity index (χ1n) is 4.61. The van der Waals surface area contributed by atoms with Crippen molar-refractivity contribution in [1.82, 2.24) is 24.8 Å². The van der Waals surface area contributed by atoms with Gasteiger partial charge < -0.3 is 9.61 Å². The first kappa shape index (κ1) is 8.16. The minimum absolute atomic E-state index is 0.756. The summed E-state index contributed by atoms with van der Waals surface area (Å²) in [7, 11) is 0. The average Bonchev–Trinajstić information content (AvgIpc) is 2.83. The maximum absolute atomic E-state index is 4.26. The van der Waals surface area contributed by atoms with E-state index in [0.717, 1.165) is 22.7 Å². The lowest BCUT2D eigenvalue weighted by Crippen LogP contribution is -1.85. The van der Waals surface area contributed by atoms with E-state index in [1.165, 1.54) is 0 Å². The van der Waals surface area contributed by atoms with Gasteiger partial charge in [0, 0.05) is 23.8 Å². The van der Waals surface area contributed by atoms with Crippen LogP contribution >= 0.6 is 0 Å². The molecule has 3 heterocycles. The molecule has 3 aromatic rings. The molecule has 0 aliphatic heterocycles. The third-order valence-corrected chi connectivity index (χ3v) is 2.28. The van der Waals surface area contributed by atoms with Crippen molar-refractivity contribution < 1.29 is 0 Å². The molecule has 3 rings (SSSR count). The molecule has 0 spiro atoms. The van der Waals surface area contributed by atoms with Gasteiger partial charge in [0.15, 0.2) is 0 Å². The Morgan fingerprint density at radius 2 is 2.27 bits per heavy atom. The smallest absolute Gasteiger partial charge is 0.0717 e. The topological polar surface area (TPSA) is 57.2 Å². The highest BCUT2D eigenvalue weighted by atomic mass is 15.4. The Morgan fingerprint density at radius 3 is 3.07 bits per heavy atom. The molecule has 0 N–H and O–H groups in total. The summed E-state index contributed by atoms with van der Waals surface area (Å²) in [5, 5.41) is 12.2. The van der Waals surface area contributed by atoms with Gasteiger partial charge in [0.05, 0.1) is 5.69 Å². The van der Waals surface area contributed by atoms with Crippen LogP contribution in [0.3, 0.4) is 0 Å². The second-order valence-corrected chi connectivity index (χ2v) is 3.26. The summed E-state index contributed by atoms with van der Waals surface area (Å²) in [6, 6.07) is 5.75. The Labute approximate surface area is 85.8 Å². The van der Waals surface area contributed by atoms with E-state index >= 15 is 0 Å². The molecular formula is C10H8N5-. The van der Waals surface area contributed by atoms with Crippen LogP contribution in [0.5, 0.6) is 0 Å². The number of nitrogens with zero attached hydrogens (tertiary/aromatic N) is 5. The second kappa shape index (κ2) is 2.91. The monoisotopic (exact) mass is 198 g/mol. The van der Waals surface area contributed by atoms with Gasteiger partial charge in [-0.1, -0.05) is 6.07 Å². The number of aryl methyl sites for hydroxylation is 1. The van der Waals surface area contributed by atoms with Gasteiger partial charge in [-0.25, -0.2) is 0 Å². The van der Waals surface area contributed by atoms with Gasteiger partial charge in [0.2, 0.25) is 0 Å². The van der Waals surface area contributed by atoms with Crippen LogP contribution in [0, 0.1) is 6.92 Å². The van der Waals surface area contributed by atoms with E-state index in [1.54, 1.807) is 16.9 Å². The molecule has 0 aliphatic rings. The van der Waals surface area contributed by atoms with Gasteiger partial charge in [-0.15, -0.1) is 0 Å². The molecule has 5 heteroatoms. The van der Waals surface area contributed by atoms with Gasteiger partial charge in [-0.2, -0.15) is 0 Å². The van der Waals surface area contributed by atoms with Crippen molar-refractivity contribution in [1.29, 1.82) is 0 Å². The van der Waals surface area contributed by atoms with E-state index in [-0.39, 0.29) is 0 Å². The normalized spacial score (nSPS) is 11.0. The Balaban J connectivity index is 2.28. The predicted molar refractivity (Wildman–Crippen MR) is 54.3 cm³/mol. The molecular weight excluding hydrogens is 190 g/mol. The SMILES string of the molecule is Cc1n[n-]c2c(-c3ccccn3)cnn12. The fourth-order valence-corrected chi connectivity index (χ4v) is 1.54. The largest absolute Gasteiger partial charge is 0.352 e. The van der Waals surface area contributed by atoms with Crippen LogP contribution in [-0.4, -0.2) is 19.7 Å².